The summed E-state index contributed by atoms with van der Waals surface area (Å²) in [5.41, 5.74) is 6.01. The highest BCUT2D eigenvalue weighted by Gasteiger charge is 2.39. The smallest absolute Gasteiger partial charge is 0.240 e. The van der Waals surface area contributed by atoms with Gasteiger partial charge in [0.05, 0.1) is 18.7 Å². The Kier molecular flexibility index (Phi) is 4.18. The van der Waals surface area contributed by atoms with Crippen LogP contribution in [0, 0.1) is 17.2 Å². The van der Waals surface area contributed by atoms with Crippen molar-refractivity contribution < 1.29 is 9.18 Å². The molecular formula is C13H20FN3O. The zero-order valence-electron chi connectivity index (χ0n) is 10.5. The molecule has 3 atom stereocenters. The summed E-state index contributed by atoms with van der Waals surface area (Å²) in [6.45, 7) is 0.0253. The number of nitrogens with two attached hydrogens (primary N) is 1. The maximum Gasteiger partial charge on any atom is 0.240 e. The average Bonchev–Trinajstić information content (AvgIpc) is 2.79. The molecule has 2 rings (SSSR count). The molecule has 2 aliphatic rings. The molecule has 1 heterocycles. The molecule has 2 fully saturated rings. The van der Waals surface area contributed by atoms with E-state index in [0.717, 1.165) is 25.7 Å². The number of halogens is 1. The molecule has 5 heteroatoms. The van der Waals surface area contributed by atoms with E-state index in [2.05, 4.69) is 0 Å². The fourth-order valence-corrected chi connectivity index (χ4v) is 3.04. The summed E-state index contributed by atoms with van der Waals surface area (Å²) in [6.07, 6.45) is 4.40. The minimum atomic E-state index is -1.09. The molecule has 1 saturated carbocycles. The fourth-order valence-electron chi connectivity index (χ4n) is 3.04. The van der Waals surface area contributed by atoms with Crippen molar-refractivity contribution in [3.05, 3.63) is 0 Å². The topological polar surface area (TPSA) is 70.1 Å². The van der Waals surface area contributed by atoms with Gasteiger partial charge in [0.2, 0.25) is 5.91 Å². The highest BCUT2D eigenvalue weighted by Crippen LogP contribution is 2.28. The lowest BCUT2D eigenvalue weighted by Gasteiger charge is -2.30. The van der Waals surface area contributed by atoms with Crippen molar-refractivity contribution in [2.24, 2.45) is 11.7 Å². The molecule has 0 aromatic carbocycles. The molecule has 1 amide bonds. The quantitative estimate of drug-likeness (QED) is 0.807. The maximum atomic E-state index is 13.3. The Morgan fingerprint density at radius 1 is 1.39 bits per heavy atom. The number of likely N-dealkylation sites (tertiary alicyclic amines) is 1. The Labute approximate surface area is 107 Å². The number of amides is 1. The van der Waals surface area contributed by atoms with E-state index in [1.165, 1.54) is 11.3 Å². The van der Waals surface area contributed by atoms with Crippen LogP contribution in [0.1, 0.15) is 38.5 Å². The SMILES string of the molecule is N#C[C@@H]1CC(F)CN1C(=O)C(N)C1CCCCC1. The molecule has 0 bridgehead atoms. The predicted molar refractivity (Wildman–Crippen MR) is 65.2 cm³/mol. The number of hydrogen-bond acceptors (Lipinski definition) is 3. The van der Waals surface area contributed by atoms with Crippen molar-refractivity contribution in [3.8, 4) is 6.07 Å². The van der Waals surface area contributed by atoms with Crippen LogP contribution in [0.4, 0.5) is 4.39 Å². The number of alkyl halides is 1. The molecule has 100 valence electrons. The van der Waals surface area contributed by atoms with E-state index in [0.29, 0.717) is 0 Å². The lowest BCUT2D eigenvalue weighted by Crippen LogP contribution is -2.49. The second-order valence-electron chi connectivity index (χ2n) is 5.39. The monoisotopic (exact) mass is 253 g/mol. The lowest BCUT2D eigenvalue weighted by molar-refractivity contribution is -0.134. The summed E-state index contributed by atoms with van der Waals surface area (Å²) in [5, 5.41) is 8.94. The van der Waals surface area contributed by atoms with E-state index in [4.69, 9.17) is 11.0 Å². The molecule has 0 spiro atoms. The van der Waals surface area contributed by atoms with Crippen LogP contribution in [0.15, 0.2) is 0 Å². The molecule has 2 unspecified atom stereocenters. The Hall–Kier alpha value is -1.15. The summed E-state index contributed by atoms with van der Waals surface area (Å²) in [5.74, 6) is -0.0437. The third-order valence-electron chi connectivity index (χ3n) is 4.12. The fraction of sp³-hybridized carbons (Fsp3) is 0.846. The summed E-state index contributed by atoms with van der Waals surface area (Å²) < 4.78 is 13.3. The molecule has 1 aliphatic heterocycles. The number of nitrogens with zero attached hydrogens (tertiary/aromatic N) is 2. The molecule has 0 aromatic rings. The van der Waals surface area contributed by atoms with E-state index in [-0.39, 0.29) is 24.8 Å². The van der Waals surface area contributed by atoms with Crippen molar-refractivity contribution >= 4 is 5.91 Å². The Bertz CT molecular complexity index is 349. The molecular weight excluding hydrogens is 233 g/mol. The Morgan fingerprint density at radius 3 is 2.67 bits per heavy atom. The van der Waals surface area contributed by atoms with E-state index in [1.54, 1.807) is 0 Å². The van der Waals surface area contributed by atoms with Crippen LogP contribution < -0.4 is 5.73 Å². The second-order valence-corrected chi connectivity index (χ2v) is 5.39. The zero-order valence-corrected chi connectivity index (χ0v) is 10.5. The predicted octanol–water partition coefficient (Wildman–Crippen LogP) is 1.36. The first-order valence-corrected chi connectivity index (χ1v) is 6.73. The van der Waals surface area contributed by atoms with Crippen molar-refractivity contribution in [1.29, 1.82) is 5.26 Å². The van der Waals surface area contributed by atoms with E-state index < -0.39 is 18.3 Å². The van der Waals surface area contributed by atoms with Crippen molar-refractivity contribution in [2.75, 3.05) is 6.54 Å². The standard InChI is InChI=1S/C13H20FN3O/c14-10-6-11(7-15)17(8-10)13(18)12(16)9-4-2-1-3-5-9/h9-12H,1-6,8,16H2/t10?,11-,12?/m0/s1. The van der Waals surface area contributed by atoms with E-state index >= 15 is 0 Å². The van der Waals surface area contributed by atoms with Gasteiger partial charge < -0.3 is 10.6 Å². The highest BCUT2D eigenvalue weighted by molar-refractivity contribution is 5.83. The number of rotatable bonds is 2. The van der Waals surface area contributed by atoms with Gasteiger partial charge in [-0.2, -0.15) is 5.26 Å². The molecule has 4 nitrogen and oxygen atoms in total. The summed E-state index contributed by atoms with van der Waals surface area (Å²) >= 11 is 0. The van der Waals surface area contributed by atoms with Crippen molar-refractivity contribution in [2.45, 2.75) is 56.8 Å². The summed E-state index contributed by atoms with van der Waals surface area (Å²) in [6, 6.07) is 0.792. The van der Waals surface area contributed by atoms with Gasteiger partial charge in [0.1, 0.15) is 12.2 Å². The van der Waals surface area contributed by atoms with Crippen LogP contribution in [-0.2, 0) is 4.79 Å². The minimum absolute atomic E-state index is 0.0253. The molecule has 1 aliphatic carbocycles. The van der Waals surface area contributed by atoms with Crippen LogP contribution in [-0.4, -0.2) is 35.6 Å². The third-order valence-corrected chi connectivity index (χ3v) is 4.12. The number of hydrogen-bond donors (Lipinski definition) is 1. The average molecular weight is 253 g/mol. The van der Waals surface area contributed by atoms with Crippen LogP contribution >= 0.6 is 0 Å². The summed E-state index contributed by atoms with van der Waals surface area (Å²) in [4.78, 5) is 13.6. The number of carbonyl (C=O) groups is 1. The van der Waals surface area contributed by atoms with Gasteiger partial charge in [-0.15, -0.1) is 0 Å². The van der Waals surface area contributed by atoms with Crippen LogP contribution in [0.25, 0.3) is 0 Å². The van der Waals surface area contributed by atoms with E-state index in [9.17, 15) is 9.18 Å². The maximum absolute atomic E-state index is 13.3. The molecule has 2 N–H and O–H groups in total. The van der Waals surface area contributed by atoms with Gasteiger partial charge in [-0.25, -0.2) is 4.39 Å². The first kappa shape index (κ1) is 13.3. The molecule has 1 saturated heterocycles. The Balaban J connectivity index is 1.99. The van der Waals surface area contributed by atoms with Crippen LogP contribution in [0.2, 0.25) is 0 Å². The Morgan fingerprint density at radius 2 is 2.06 bits per heavy atom. The first-order valence-electron chi connectivity index (χ1n) is 6.73. The van der Waals surface area contributed by atoms with Gasteiger partial charge in [0, 0.05) is 6.42 Å². The van der Waals surface area contributed by atoms with Gasteiger partial charge >= 0.3 is 0 Å². The first-order chi connectivity index (χ1) is 8.63. The zero-order chi connectivity index (χ0) is 13.1. The lowest BCUT2D eigenvalue weighted by atomic mass is 9.83. The van der Waals surface area contributed by atoms with Crippen molar-refractivity contribution in [3.63, 3.8) is 0 Å². The third kappa shape index (κ3) is 2.64. The van der Waals surface area contributed by atoms with Gasteiger partial charge in [0.25, 0.3) is 0 Å². The minimum Gasteiger partial charge on any atom is -0.322 e. The second kappa shape index (κ2) is 5.66. The highest BCUT2D eigenvalue weighted by atomic mass is 19.1. The summed E-state index contributed by atoms with van der Waals surface area (Å²) in [7, 11) is 0. The van der Waals surface area contributed by atoms with Crippen molar-refractivity contribution in [1.82, 2.24) is 4.90 Å². The normalized spacial score (nSPS) is 31.1. The van der Waals surface area contributed by atoms with Gasteiger partial charge in [-0.05, 0) is 18.8 Å². The van der Waals surface area contributed by atoms with Crippen LogP contribution in [0.3, 0.4) is 0 Å². The molecule has 18 heavy (non-hydrogen) atoms. The number of nitriles is 1. The van der Waals surface area contributed by atoms with E-state index in [1.807, 2.05) is 6.07 Å². The van der Waals surface area contributed by atoms with Gasteiger partial charge in [0.15, 0.2) is 0 Å². The largest absolute Gasteiger partial charge is 0.322 e. The molecule has 0 radical (unpaired) electrons. The van der Waals surface area contributed by atoms with Crippen LogP contribution in [0.5, 0.6) is 0 Å². The molecule has 0 aromatic heterocycles. The van der Waals surface area contributed by atoms with Gasteiger partial charge in [-0.3, -0.25) is 4.79 Å². The van der Waals surface area contributed by atoms with Gasteiger partial charge in [-0.1, -0.05) is 19.3 Å². The number of carbonyl (C=O) groups excluding carboxylic acids is 1.